The molecule has 1 atom stereocenters. The highest BCUT2D eigenvalue weighted by Crippen LogP contribution is 2.34. The molecule has 0 saturated carbocycles. The quantitative estimate of drug-likeness (QED) is 0.872. The molecule has 2 heterocycles. The Kier molecular flexibility index (Phi) is 4.14. The SMILES string of the molecule is O=CN1CCN(c2ccc(CC3C(=O)Nc4ccccc43)cc2)CC1. The van der Waals surface area contributed by atoms with Crippen molar-refractivity contribution in [3.63, 3.8) is 0 Å². The lowest BCUT2D eigenvalue weighted by atomic mass is 9.93. The molecule has 2 aliphatic heterocycles. The number of carbonyl (C=O) groups excluding carboxylic acids is 2. The molecule has 128 valence electrons. The summed E-state index contributed by atoms with van der Waals surface area (Å²) in [6.07, 6.45) is 1.63. The molecule has 5 heteroatoms. The van der Waals surface area contributed by atoms with Crippen molar-refractivity contribution >= 4 is 23.7 Å². The van der Waals surface area contributed by atoms with Crippen LogP contribution in [-0.2, 0) is 16.0 Å². The molecule has 0 aromatic heterocycles. The van der Waals surface area contributed by atoms with Gasteiger partial charge in [-0.25, -0.2) is 0 Å². The molecule has 0 spiro atoms. The second kappa shape index (κ2) is 6.59. The van der Waals surface area contributed by atoms with E-state index < -0.39 is 0 Å². The van der Waals surface area contributed by atoms with Gasteiger partial charge in [-0.3, -0.25) is 9.59 Å². The molecule has 0 aliphatic carbocycles. The van der Waals surface area contributed by atoms with Crippen molar-refractivity contribution in [3.05, 3.63) is 59.7 Å². The van der Waals surface area contributed by atoms with E-state index in [0.717, 1.165) is 49.4 Å². The number of hydrogen-bond donors (Lipinski definition) is 1. The Bertz CT molecular complexity index is 780. The van der Waals surface area contributed by atoms with Gasteiger partial charge in [0.25, 0.3) is 0 Å². The van der Waals surface area contributed by atoms with Gasteiger partial charge < -0.3 is 15.1 Å². The first-order valence-electron chi connectivity index (χ1n) is 8.67. The predicted octanol–water partition coefficient (Wildman–Crippen LogP) is 2.24. The molecular weight excluding hydrogens is 314 g/mol. The molecule has 2 amide bonds. The van der Waals surface area contributed by atoms with E-state index >= 15 is 0 Å². The second-order valence-electron chi connectivity index (χ2n) is 6.63. The van der Waals surface area contributed by atoms with Crippen LogP contribution in [0.15, 0.2) is 48.5 Å². The van der Waals surface area contributed by atoms with Crippen LogP contribution in [0.1, 0.15) is 17.0 Å². The highest BCUT2D eigenvalue weighted by atomic mass is 16.2. The van der Waals surface area contributed by atoms with Crippen molar-refractivity contribution < 1.29 is 9.59 Å². The summed E-state index contributed by atoms with van der Waals surface area (Å²) in [6, 6.07) is 16.4. The van der Waals surface area contributed by atoms with Crippen LogP contribution in [0, 0.1) is 0 Å². The second-order valence-corrected chi connectivity index (χ2v) is 6.63. The fourth-order valence-electron chi connectivity index (χ4n) is 3.64. The number of amides is 2. The van der Waals surface area contributed by atoms with E-state index in [0.29, 0.717) is 6.42 Å². The summed E-state index contributed by atoms with van der Waals surface area (Å²) >= 11 is 0. The van der Waals surface area contributed by atoms with Crippen molar-refractivity contribution in [3.8, 4) is 0 Å². The minimum absolute atomic E-state index is 0.0789. The van der Waals surface area contributed by atoms with Gasteiger partial charge in [-0.1, -0.05) is 30.3 Å². The molecule has 1 unspecified atom stereocenters. The lowest BCUT2D eigenvalue weighted by Crippen LogP contribution is -2.45. The first-order valence-corrected chi connectivity index (χ1v) is 8.67. The van der Waals surface area contributed by atoms with Gasteiger partial charge in [0.15, 0.2) is 0 Å². The number of nitrogens with one attached hydrogen (secondary N) is 1. The highest BCUT2D eigenvalue weighted by molar-refractivity contribution is 6.03. The molecule has 2 aromatic rings. The number of piperazine rings is 1. The average molecular weight is 335 g/mol. The van der Waals surface area contributed by atoms with E-state index in [2.05, 4.69) is 34.5 Å². The van der Waals surface area contributed by atoms with Crippen LogP contribution in [0.5, 0.6) is 0 Å². The van der Waals surface area contributed by atoms with E-state index in [-0.39, 0.29) is 11.8 Å². The van der Waals surface area contributed by atoms with Gasteiger partial charge in [-0.2, -0.15) is 0 Å². The molecule has 1 N–H and O–H groups in total. The highest BCUT2D eigenvalue weighted by Gasteiger charge is 2.30. The third-order valence-electron chi connectivity index (χ3n) is 5.12. The van der Waals surface area contributed by atoms with Crippen LogP contribution >= 0.6 is 0 Å². The van der Waals surface area contributed by atoms with Crippen LogP contribution in [0.25, 0.3) is 0 Å². The van der Waals surface area contributed by atoms with Gasteiger partial charge in [0, 0.05) is 37.6 Å². The summed E-state index contributed by atoms with van der Waals surface area (Å²) in [6.45, 7) is 3.25. The van der Waals surface area contributed by atoms with Gasteiger partial charge in [-0.05, 0) is 35.7 Å². The van der Waals surface area contributed by atoms with Crippen LogP contribution < -0.4 is 10.2 Å². The van der Waals surface area contributed by atoms with E-state index in [9.17, 15) is 9.59 Å². The fourth-order valence-corrected chi connectivity index (χ4v) is 3.64. The summed E-state index contributed by atoms with van der Waals surface area (Å²) in [4.78, 5) is 27.2. The Balaban J connectivity index is 1.45. The van der Waals surface area contributed by atoms with E-state index in [1.807, 2.05) is 24.3 Å². The summed E-state index contributed by atoms with van der Waals surface area (Å²) in [5, 5.41) is 2.96. The Labute approximate surface area is 147 Å². The van der Waals surface area contributed by atoms with Crippen LogP contribution in [-0.4, -0.2) is 43.4 Å². The smallest absolute Gasteiger partial charge is 0.232 e. The molecule has 0 radical (unpaired) electrons. The molecule has 4 rings (SSSR count). The fraction of sp³-hybridized carbons (Fsp3) is 0.300. The third-order valence-corrected chi connectivity index (χ3v) is 5.12. The minimum Gasteiger partial charge on any atom is -0.368 e. The number of benzene rings is 2. The largest absolute Gasteiger partial charge is 0.368 e. The first-order chi connectivity index (χ1) is 12.2. The zero-order chi connectivity index (χ0) is 17.2. The maximum atomic E-state index is 12.3. The Hall–Kier alpha value is -2.82. The van der Waals surface area contributed by atoms with Crippen LogP contribution in [0.4, 0.5) is 11.4 Å². The van der Waals surface area contributed by atoms with Crippen molar-refractivity contribution in [2.75, 3.05) is 36.4 Å². The first kappa shape index (κ1) is 15.7. The summed E-state index contributed by atoms with van der Waals surface area (Å²) in [7, 11) is 0. The van der Waals surface area contributed by atoms with Gasteiger partial charge >= 0.3 is 0 Å². The Morgan fingerprint density at radius 3 is 2.44 bits per heavy atom. The van der Waals surface area contributed by atoms with Crippen molar-refractivity contribution in [2.45, 2.75) is 12.3 Å². The van der Waals surface area contributed by atoms with E-state index in [4.69, 9.17) is 0 Å². The number of anilines is 2. The number of nitrogens with zero attached hydrogens (tertiary/aromatic N) is 2. The number of hydrogen-bond acceptors (Lipinski definition) is 3. The summed E-state index contributed by atoms with van der Waals surface area (Å²) in [5.74, 6) is -0.0338. The van der Waals surface area contributed by atoms with Crippen molar-refractivity contribution in [2.24, 2.45) is 0 Å². The third kappa shape index (κ3) is 3.09. The maximum Gasteiger partial charge on any atom is 0.232 e. The zero-order valence-electron chi connectivity index (χ0n) is 14.0. The lowest BCUT2D eigenvalue weighted by Gasteiger charge is -2.34. The van der Waals surface area contributed by atoms with E-state index in [1.54, 1.807) is 4.90 Å². The van der Waals surface area contributed by atoms with Gasteiger partial charge in [-0.15, -0.1) is 0 Å². The zero-order valence-corrected chi connectivity index (χ0v) is 14.0. The molecule has 1 fully saturated rings. The topological polar surface area (TPSA) is 52.7 Å². The van der Waals surface area contributed by atoms with Crippen LogP contribution in [0.3, 0.4) is 0 Å². The van der Waals surface area contributed by atoms with Gasteiger partial charge in [0.1, 0.15) is 0 Å². The minimum atomic E-state index is -0.113. The average Bonchev–Trinajstić information content (AvgIpc) is 2.98. The number of para-hydroxylation sites is 1. The predicted molar refractivity (Wildman–Crippen MR) is 97.8 cm³/mol. The number of carbonyl (C=O) groups is 2. The Morgan fingerprint density at radius 1 is 1.00 bits per heavy atom. The van der Waals surface area contributed by atoms with Crippen molar-refractivity contribution in [1.82, 2.24) is 4.90 Å². The monoisotopic (exact) mass is 335 g/mol. The molecule has 0 bridgehead atoms. The number of fused-ring (bicyclic) bond motifs is 1. The standard InChI is InChI=1S/C20H21N3O2/c24-14-22-9-11-23(12-10-22)16-7-5-15(6-8-16)13-18-17-3-1-2-4-19(17)21-20(18)25/h1-8,14,18H,9-13H2,(H,21,25). The molecular formula is C20H21N3O2. The van der Waals surface area contributed by atoms with Crippen LogP contribution in [0.2, 0.25) is 0 Å². The molecule has 2 aromatic carbocycles. The summed E-state index contributed by atoms with van der Waals surface area (Å²) in [5.41, 5.74) is 4.35. The summed E-state index contributed by atoms with van der Waals surface area (Å²) < 4.78 is 0. The molecule has 5 nitrogen and oxygen atoms in total. The number of rotatable bonds is 4. The van der Waals surface area contributed by atoms with Gasteiger partial charge in [0.2, 0.25) is 12.3 Å². The normalized spacial score (nSPS) is 19.5. The van der Waals surface area contributed by atoms with Gasteiger partial charge in [0.05, 0.1) is 5.92 Å². The molecule has 25 heavy (non-hydrogen) atoms. The Morgan fingerprint density at radius 2 is 1.72 bits per heavy atom. The van der Waals surface area contributed by atoms with Crippen molar-refractivity contribution in [1.29, 1.82) is 0 Å². The van der Waals surface area contributed by atoms with E-state index in [1.165, 1.54) is 5.69 Å². The molecule has 2 aliphatic rings. The maximum absolute atomic E-state index is 12.3. The molecule has 1 saturated heterocycles. The lowest BCUT2D eigenvalue weighted by molar-refractivity contribution is -0.118.